The molecule has 7 atom stereocenters. The van der Waals surface area contributed by atoms with Crippen molar-refractivity contribution < 1.29 is 71.1 Å². The van der Waals surface area contributed by atoms with E-state index < -0.39 is 83.7 Å². The highest BCUT2D eigenvalue weighted by molar-refractivity contribution is 7.61. The molecule has 422 valence electrons. The molecule has 0 saturated carbocycles. The molecule has 1 saturated heterocycles. The maximum atomic E-state index is 12.9. The first-order chi connectivity index (χ1) is 35.4. The van der Waals surface area contributed by atoms with Crippen LogP contribution < -0.4 is 11.4 Å². The molecule has 0 aliphatic carbocycles. The maximum Gasteiger partial charge on any atom is 0.481 e. The highest BCUT2D eigenvalue weighted by atomic mass is 31.3. The number of nitrogens with two attached hydrogens (primary N) is 1. The van der Waals surface area contributed by atoms with Crippen molar-refractivity contribution in [3.05, 3.63) is 71.4 Å². The molecule has 2 rings (SSSR count). The van der Waals surface area contributed by atoms with Crippen LogP contribution >= 0.6 is 15.6 Å². The van der Waals surface area contributed by atoms with E-state index in [0.29, 0.717) is 6.42 Å². The fourth-order valence-corrected chi connectivity index (χ4v) is 9.97. The minimum atomic E-state index is -5.47. The summed E-state index contributed by atoms with van der Waals surface area (Å²) in [4.78, 5) is 74.3. The highest BCUT2D eigenvalue weighted by Gasteiger charge is 2.46. The summed E-state index contributed by atoms with van der Waals surface area (Å²) >= 11 is 0. The van der Waals surface area contributed by atoms with Gasteiger partial charge in [-0.25, -0.2) is 13.9 Å². The van der Waals surface area contributed by atoms with E-state index in [2.05, 4.69) is 48.3 Å². The summed E-state index contributed by atoms with van der Waals surface area (Å²) in [6.07, 6.45) is 33.4. The zero-order valence-electron chi connectivity index (χ0n) is 44.3. The van der Waals surface area contributed by atoms with Crippen LogP contribution in [0.25, 0.3) is 0 Å². The quantitative estimate of drug-likeness (QED) is 0.0101. The van der Waals surface area contributed by atoms with E-state index in [-0.39, 0.29) is 37.3 Å². The van der Waals surface area contributed by atoms with Gasteiger partial charge in [-0.1, -0.05) is 172 Å². The smallest absolute Gasteiger partial charge is 0.462 e. The van der Waals surface area contributed by atoms with E-state index in [1.807, 2.05) is 12.2 Å². The minimum absolute atomic E-state index is 0.00162. The first kappa shape index (κ1) is 66.5. The normalized spacial score (nSPS) is 19.2. The van der Waals surface area contributed by atoms with Gasteiger partial charge in [-0.2, -0.15) is 9.29 Å². The third kappa shape index (κ3) is 32.7. The topological polar surface area (TPSA) is 283 Å². The van der Waals surface area contributed by atoms with Crippen LogP contribution in [0.1, 0.15) is 194 Å². The fraction of sp³-hybridized carbons (Fsp3) is 0.717. The number of hydrogen-bond donors (Lipinski definition) is 5. The van der Waals surface area contributed by atoms with Crippen molar-refractivity contribution >= 4 is 39.2 Å². The third-order valence-corrected chi connectivity index (χ3v) is 14.7. The lowest BCUT2D eigenvalue weighted by Gasteiger charge is -2.21. The summed E-state index contributed by atoms with van der Waals surface area (Å²) < 4.78 is 56.6. The average molecular weight is 1090 g/mol. The molecule has 1 aliphatic heterocycles. The number of allylic oxidation sites excluding steroid dienone is 8. The molecular weight excluding hydrogens is 997 g/mol. The molecule has 74 heavy (non-hydrogen) atoms. The van der Waals surface area contributed by atoms with E-state index in [9.17, 15) is 48.3 Å². The molecule has 1 aromatic heterocycles. The maximum absolute atomic E-state index is 12.9. The average Bonchev–Trinajstić information content (AvgIpc) is 3.62. The van der Waals surface area contributed by atoms with Gasteiger partial charge in [-0.05, 0) is 56.6 Å². The van der Waals surface area contributed by atoms with Crippen LogP contribution in [0.5, 0.6) is 0 Å². The van der Waals surface area contributed by atoms with E-state index in [1.165, 1.54) is 102 Å². The minimum Gasteiger partial charge on any atom is -0.462 e. The predicted molar refractivity (Wildman–Crippen MR) is 284 cm³/mol. The Hall–Kier alpha value is -3.61. The van der Waals surface area contributed by atoms with Crippen molar-refractivity contribution in [2.24, 2.45) is 5.92 Å². The largest absolute Gasteiger partial charge is 0.481 e. The van der Waals surface area contributed by atoms with Gasteiger partial charge < -0.3 is 39.9 Å². The number of rotatable bonds is 44. The molecule has 1 aliphatic rings. The van der Waals surface area contributed by atoms with E-state index >= 15 is 0 Å². The van der Waals surface area contributed by atoms with Crippen LogP contribution in [0.4, 0.5) is 5.82 Å². The number of nitrogen functional groups attached to an aromatic ring is 1. The number of esters is 2. The van der Waals surface area contributed by atoms with Crippen LogP contribution in [-0.2, 0) is 51.1 Å². The van der Waals surface area contributed by atoms with Crippen molar-refractivity contribution in [3.63, 3.8) is 0 Å². The van der Waals surface area contributed by atoms with Crippen LogP contribution in [0, 0.1) is 5.92 Å². The molecular formula is C53H89N3O16P2. The number of ketones is 1. The molecule has 0 radical (unpaired) electrons. The van der Waals surface area contributed by atoms with E-state index in [4.69, 9.17) is 29.0 Å². The zero-order valence-corrected chi connectivity index (χ0v) is 46.1. The van der Waals surface area contributed by atoms with Gasteiger partial charge in [-0.15, -0.1) is 0 Å². The monoisotopic (exact) mass is 1090 g/mol. The summed E-state index contributed by atoms with van der Waals surface area (Å²) in [5.74, 6) is -0.964. The number of carbonyl (C=O) groups excluding carboxylic acids is 3. The van der Waals surface area contributed by atoms with E-state index in [0.717, 1.165) is 61.6 Å². The Bertz CT molecular complexity index is 2010. The zero-order chi connectivity index (χ0) is 54.5. The van der Waals surface area contributed by atoms with Gasteiger partial charge in [0.1, 0.15) is 30.7 Å². The van der Waals surface area contributed by atoms with Gasteiger partial charge in [-0.3, -0.25) is 28.0 Å². The molecule has 19 nitrogen and oxygen atoms in total. The molecule has 0 bridgehead atoms. The first-order valence-corrected chi connectivity index (χ1v) is 30.0. The Morgan fingerprint density at radius 1 is 0.730 bits per heavy atom. The lowest BCUT2D eigenvalue weighted by atomic mass is 10.0. The summed E-state index contributed by atoms with van der Waals surface area (Å²) in [6, 6.07) is 1.24. The third-order valence-electron chi connectivity index (χ3n) is 12.1. The number of phosphoric acid groups is 2. The van der Waals surface area contributed by atoms with E-state index in [1.54, 1.807) is 12.2 Å². The number of unbranched alkanes of at least 4 members (excludes halogenated alkanes) is 17. The van der Waals surface area contributed by atoms with Crippen LogP contribution in [-0.4, -0.2) is 91.5 Å². The molecule has 2 heterocycles. The molecule has 2 unspecified atom stereocenters. The number of nitrogens with zero attached hydrogens (tertiary/aromatic N) is 2. The summed E-state index contributed by atoms with van der Waals surface area (Å²) in [5.41, 5.74) is 4.57. The van der Waals surface area contributed by atoms with Gasteiger partial charge in [0.2, 0.25) is 0 Å². The van der Waals surface area contributed by atoms with Gasteiger partial charge >= 0.3 is 33.3 Å². The molecule has 21 heteroatoms. The summed E-state index contributed by atoms with van der Waals surface area (Å²) in [7, 11) is -10.9. The van der Waals surface area contributed by atoms with Crippen molar-refractivity contribution in [1.82, 2.24) is 9.55 Å². The number of carbonyl (C=O) groups is 3. The molecule has 1 fully saturated rings. The Kier molecular flexibility index (Phi) is 35.7. The van der Waals surface area contributed by atoms with Crippen LogP contribution in [0.15, 0.2) is 65.7 Å². The van der Waals surface area contributed by atoms with Crippen molar-refractivity contribution in [3.8, 4) is 0 Å². The second-order valence-corrected chi connectivity index (χ2v) is 22.3. The molecule has 6 N–H and O–H groups in total. The molecule has 1 aromatic rings. The number of ether oxygens (including phenoxy) is 3. The summed E-state index contributed by atoms with van der Waals surface area (Å²) in [5, 5.41) is 20.9. The highest BCUT2D eigenvalue weighted by Crippen LogP contribution is 2.60. The van der Waals surface area contributed by atoms with Crippen molar-refractivity contribution in [2.75, 3.05) is 25.6 Å². The number of hydrogen-bond acceptors (Lipinski definition) is 16. The van der Waals surface area contributed by atoms with Gasteiger partial charge in [0.25, 0.3) is 0 Å². The second kappa shape index (κ2) is 39.7. The lowest BCUT2D eigenvalue weighted by molar-refractivity contribution is -0.161. The first-order valence-electron chi connectivity index (χ1n) is 27.0. The van der Waals surface area contributed by atoms with Crippen LogP contribution in [0.2, 0.25) is 0 Å². The van der Waals surface area contributed by atoms with Crippen LogP contribution in [0.3, 0.4) is 0 Å². The Balaban J connectivity index is 1.83. The Labute approximate surface area is 439 Å². The standard InChI is InChI=1S/C53H89N3O16P2/c1-4-5-6-7-8-9-10-14-18-21-24-27-30-34-44(57)35-32-37-48(58)67-40-45(70-49(59)36-31-28-25-22-19-16-13-11-12-15-17-20-23-26-29-33-43(2)3)41-68-73(63,64)72-74(65,66)69-42-46-50(60)51(61)52(71-46)56-39-38-47(54)55-53(56)62/h8-9,14,18,24,27,30,34,38-39,43,45-46,50-52,60-61H,4-7,10-13,15-17,19-23,25-26,28-29,31-33,35-37,40-42H2,1-3H3,(H,63,64)(H,65,66)(H2,54,55,62)/b9-8-,18-14-,27-24-,34-30+/t45-,46-,50-,51-,52-/m1/s1. The molecule has 0 amide bonds. The second-order valence-electron chi connectivity index (χ2n) is 19.2. The van der Waals surface area contributed by atoms with Crippen molar-refractivity contribution in [1.29, 1.82) is 0 Å². The number of aliphatic hydroxyl groups is 2. The Morgan fingerprint density at radius 3 is 1.93 bits per heavy atom. The Morgan fingerprint density at radius 2 is 1.31 bits per heavy atom. The number of phosphoric ester groups is 2. The van der Waals surface area contributed by atoms with Gasteiger partial charge in [0, 0.05) is 25.5 Å². The lowest BCUT2D eigenvalue weighted by Crippen LogP contribution is -2.36. The van der Waals surface area contributed by atoms with Gasteiger partial charge in [0.15, 0.2) is 18.1 Å². The number of anilines is 1. The predicted octanol–water partition coefficient (Wildman–Crippen LogP) is 10.8. The molecule has 0 spiro atoms. The SMILES string of the molecule is CCCCC/C=C\C/C=C\C/C=C\C=C\C(=O)CCCC(=O)OC[C@H](COP(=O)(O)OP(=O)(O)OC[C@H]1O[C@@H](n2ccc(N)nc2=O)[C@H](O)[C@@H]1O)OC(=O)CCCCCCCCCCCCCCCCCC(C)C. The fourth-order valence-electron chi connectivity index (χ4n) is 7.86. The molecule has 0 aromatic carbocycles. The summed E-state index contributed by atoms with van der Waals surface area (Å²) in [6.45, 7) is 4.23. The van der Waals surface area contributed by atoms with Crippen molar-refractivity contribution in [2.45, 2.75) is 218 Å². The van der Waals surface area contributed by atoms with Gasteiger partial charge in [0.05, 0.1) is 13.2 Å². The number of aliphatic hydroxyl groups excluding tert-OH is 2. The number of aromatic nitrogens is 2.